The minimum absolute atomic E-state index is 0.0248. The fraction of sp³-hybridized carbons (Fsp3) is 0.474. The maximum atomic E-state index is 13.0. The van der Waals surface area contributed by atoms with Crippen LogP contribution in [0.1, 0.15) is 31.2 Å². The number of nitrogens with one attached hydrogen (secondary N) is 3. The molecule has 2 fully saturated rings. The van der Waals surface area contributed by atoms with E-state index >= 15 is 0 Å². The zero-order valence-electron chi connectivity index (χ0n) is 15.0. The van der Waals surface area contributed by atoms with Crippen LogP contribution in [-0.4, -0.2) is 35.6 Å². The van der Waals surface area contributed by atoms with Gasteiger partial charge in [0, 0.05) is 11.7 Å². The molecule has 1 saturated carbocycles. The Hall–Kier alpha value is -2.55. The van der Waals surface area contributed by atoms with Crippen LogP contribution in [0.25, 0.3) is 0 Å². The highest BCUT2D eigenvalue weighted by molar-refractivity contribution is 6.12. The molecular weight excluding hydrogens is 373 g/mol. The standard InChI is InChI=1S/C19H21F3N4O2/c20-19(21,22)10-4-3-5-11(8-10)26-9-14(27)15(16(26)23)17-24-13-7-2-1-6-12(13)18(28)25-17/h3-5,8,12-13,17,23-24,27H,1-2,6-7,9H2,(H,25,28). The zero-order valence-corrected chi connectivity index (χ0v) is 15.0. The van der Waals surface area contributed by atoms with Gasteiger partial charge in [-0.3, -0.25) is 15.5 Å². The van der Waals surface area contributed by atoms with Gasteiger partial charge in [-0.25, -0.2) is 0 Å². The van der Waals surface area contributed by atoms with E-state index in [1.165, 1.54) is 17.0 Å². The van der Waals surface area contributed by atoms with E-state index in [2.05, 4.69) is 10.6 Å². The van der Waals surface area contributed by atoms with E-state index in [0.29, 0.717) is 0 Å². The van der Waals surface area contributed by atoms with Gasteiger partial charge < -0.3 is 15.3 Å². The molecule has 1 saturated heterocycles. The number of benzene rings is 1. The molecule has 0 bridgehead atoms. The van der Waals surface area contributed by atoms with Gasteiger partial charge >= 0.3 is 6.18 Å². The first-order valence-electron chi connectivity index (χ1n) is 9.28. The molecule has 2 aliphatic heterocycles. The average Bonchev–Trinajstić information content (AvgIpc) is 2.95. The lowest BCUT2D eigenvalue weighted by Gasteiger charge is -2.40. The summed E-state index contributed by atoms with van der Waals surface area (Å²) in [6.45, 7) is -0.113. The lowest BCUT2D eigenvalue weighted by atomic mass is 9.82. The van der Waals surface area contributed by atoms with E-state index < -0.39 is 17.9 Å². The van der Waals surface area contributed by atoms with Crippen molar-refractivity contribution in [1.82, 2.24) is 10.6 Å². The predicted molar refractivity (Wildman–Crippen MR) is 97.0 cm³/mol. The van der Waals surface area contributed by atoms with E-state index in [-0.39, 0.29) is 47.3 Å². The SMILES string of the molecule is N=C1C(C2NC(=O)C3CCCCC3N2)=C(O)CN1c1cccc(C(F)(F)F)c1. The number of fused-ring (bicyclic) bond motifs is 1. The Kier molecular flexibility index (Phi) is 4.57. The van der Waals surface area contributed by atoms with Gasteiger partial charge in [-0.1, -0.05) is 18.9 Å². The van der Waals surface area contributed by atoms with Crippen LogP contribution >= 0.6 is 0 Å². The number of hydrogen-bond acceptors (Lipinski definition) is 4. The molecule has 1 amide bonds. The second-order valence-corrected chi connectivity index (χ2v) is 7.45. The third-order valence-electron chi connectivity index (χ3n) is 5.69. The molecule has 3 unspecified atom stereocenters. The summed E-state index contributed by atoms with van der Waals surface area (Å²) in [5.41, 5.74) is -0.450. The lowest BCUT2D eigenvalue weighted by molar-refractivity contribution is -0.137. The Balaban J connectivity index is 1.57. The molecule has 0 radical (unpaired) electrons. The average molecular weight is 394 g/mol. The van der Waals surface area contributed by atoms with Crippen molar-refractivity contribution in [3.05, 3.63) is 41.2 Å². The molecule has 2 heterocycles. The van der Waals surface area contributed by atoms with Crippen molar-refractivity contribution < 1.29 is 23.1 Å². The Morgan fingerprint density at radius 1 is 1.21 bits per heavy atom. The zero-order chi connectivity index (χ0) is 20.1. The summed E-state index contributed by atoms with van der Waals surface area (Å²) >= 11 is 0. The molecule has 6 nitrogen and oxygen atoms in total. The van der Waals surface area contributed by atoms with Crippen molar-refractivity contribution in [3.8, 4) is 0 Å². The van der Waals surface area contributed by atoms with Crippen molar-refractivity contribution in [2.75, 3.05) is 11.4 Å². The Morgan fingerprint density at radius 2 is 1.96 bits per heavy atom. The number of aliphatic hydroxyl groups is 1. The van der Waals surface area contributed by atoms with Gasteiger partial charge in [0.15, 0.2) is 0 Å². The maximum Gasteiger partial charge on any atom is 0.416 e. The Labute approximate surface area is 159 Å². The van der Waals surface area contributed by atoms with Crippen LogP contribution in [0.15, 0.2) is 35.6 Å². The molecule has 150 valence electrons. The van der Waals surface area contributed by atoms with Crippen LogP contribution in [0.4, 0.5) is 18.9 Å². The molecule has 1 aromatic carbocycles. The number of carbonyl (C=O) groups is 1. The fourth-order valence-electron chi connectivity index (χ4n) is 4.27. The molecule has 4 N–H and O–H groups in total. The van der Waals surface area contributed by atoms with Crippen molar-refractivity contribution in [1.29, 1.82) is 5.41 Å². The van der Waals surface area contributed by atoms with Crippen LogP contribution in [0.3, 0.4) is 0 Å². The van der Waals surface area contributed by atoms with E-state index in [4.69, 9.17) is 5.41 Å². The van der Waals surface area contributed by atoms with Crippen molar-refractivity contribution in [2.24, 2.45) is 5.92 Å². The number of amidine groups is 1. The van der Waals surface area contributed by atoms with E-state index in [1.54, 1.807) is 0 Å². The number of hydrogen-bond donors (Lipinski definition) is 4. The highest BCUT2D eigenvalue weighted by Crippen LogP contribution is 2.35. The van der Waals surface area contributed by atoms with Gasteiger partial charge in [0.05, 0.1) is 23.6 Å². The monoisotopic (exact) mass is 394 g/mol. The minimum Gasteiger partial charge on any atom is -0.510 e. The fourth-order valence-corrected chi connectivity index (χ4v) is 4.27. The van der Waals surface area contributed by atoms with Crippen molar-refractivity contribution >= 4 is 17.4 Å². The van der Waals surface area contributed by atoms with Crippen LogP contribution in [0.5, 0.6) is 0 Å². The second kappa shape index (κ2) is 6.80. The number of nitrogens with zero attached hydrogens (tertiary/aromatic N) is 1. The molecule has 1 aliphatic carbocycles. The molecule has 3 atom stereocenters. The first kappa shape index (κ1) is 18.8. The molecule has 0 spiro atoms. The number of anilines is 1. The first-order chi connectivity index (χ1) is 13.3. The number of rotatable bonds is 2. The number of carbonyl (C=O) groups excluding carboxylic acids is 1. The summed E-state index contributed by atoms with van der Waals surface area (Å²) in [5.74, 6) is -0.486. The third kappa shape index (κ3) is 3.23. The number of amides is 1. The maximum absolute atomic E-state index is 13.0. The number of alkyl halides is 3. The predicted octanol–water partition coefficient (Wildman–Crippen LogP) is 2.92. The van der Waals surface area contributed by atoms with Crippen molar-refractivity contribution in [2.45, 2.75) is 44.1 Å². The smallest absolute Gasteiger partial charge is 0.416 e. The topological polar surface area (TPSA) is 88.5 Å². The van der Waals surface area contributed by atoms with E-state index in [0.717, 1.165) is 37.8 Å². The third-order valence-corrected chi connectivity index (χ3v) is 5.69. The van der Waals surface area contributed by atoms with Crippen molar-refractivity contribution in [3.63, 3.8) is 0 Å². The van der Waals surface area contributed by atoms with E-state index in [9.17, 15) is 23.1 Å². The number of halogens is 3. The molecule has 9 heteroatoms. The van der Waals surface area contributed by atoms with Gasteiger partial charge in [0.1, 0.15) is 17.8 Å². The van der Waals surface area contributed by atoms with Gasteiger partial charge in [0.2, 0.25) is 5.91 Å². The van der Waals surface area contributed by atoms with Gasteiger partial charge in [-0.15, -0.1) is 0 Å². The minimum atomic E-state index is -4.49. The lowest BCUT2D eigenvalue weighted by Crippen LogP contribution is -2.63. The van der Waals surface area contributed by atoms with Crippen LogP contribution in [-0.2, 0) is 11.0 Å². The summed E-state index contributed by atoms with van der Waals surface area (Å²) in [4.78, 5) is 13.8. The Morgan fingerprint density at radius 3 is 2.71 bits per heavy atom. The highest BCUT2D eigenvalue weighted by atomic mass is 19.4. The summed E-state index contributed by atoms with van der Waals surface area (Å²) in [6, 6.07) is 4.62. The first-order valence-corrected chi connectivity index (χ1v) is 9.28. The quantitative estimate of drug-likeness (QED) is 0.621. The van der Waals surface area contributed by atoms with Gasteiger partial charge in [-0.05, 0) is 31.0 Å². The molecule has 1 aromatic rings. The van der Waals surface area contributed by atoms with Gasteiger partial charge in [0.25, 0.3) is 0 Å². The molecule has 28 heavy (non-hydrogen) atoms. The summed E-state index contributed by atoms with van der Waals surface area (Å²) < 4.78 is 39.0. The molecular formula is C19H21F3N4O2. The summed E-state index contributed by atoms with van der Waals surface area (Å²) in [5, 5.41) is 25.0. The highest BCUT2D eigenvalue weighted by Gasteiger charge is 2.42. The molecule has 0 aromatic heterocycles. The Bertz CT molecular complexity index is 852. The van der Waals surface area contributed by atoms with Gasteiger partial charge in [-0.2, -0.15) is 13.2 Å². The second-order valence-electron chi connectivity index (χ2n) is 7.45. The van der Waals surface area contributed by atoms with Crippen LogP contribution < -0.4 is 15.5 Å². The molecule has 3 aliphatic rings. The molecule has 4 rings (SSSR count). The van der Waals surface area contributed by atoms with Crippen LogP contribution in [0, 0.1) is 11.3 Å². The normalized spacial score (nSPS) is 28.4. The van der Waals surface area contributed by atoms with Crippen LogP contribution in [0.2, 0.25) is 0 Å². The summed E-state index contributed by atoms with van der Waals surface area (Å²) in [6.07, 6.45) is -1.58. The largest absolute Gasteiger partial charge is 0.510 e. The van der Waals surface area contributed by atoms with E-state index in [1.807, 2.05) is 0 Å². The number of aliphatic hydroxyl groups excluding tert-OH is 1. The summed E-state index contributed by atoms with van der Waals surface area (Å²) in [7, 11) is 0.